The fourth-order valence-corrected chi connectivity index (χ4v) is 3.15. The molecule has 0 aliphatic heterocycles. The van der Waals surface area contributed by atoms with Crippen LogP contribution in [0.25, 0.3) is 11.1 Å². The van der Waals surface area contributed by atoms with Gasteiger partial charge in [0.1, 0.15) is 5.82 Å². The van der Waals surface area contributed by atoms with Crippen LogP contribution in [0.4, 0.5) is 5.69 Å². The number of nitrogens with zero attached hydrogens (tertiary/aromatic N) is 5. The predicted octanol–water partition coefficient (Wildman–Crippen LogP) is 3.05. The third-order valence-electron chi connectivity index (χ3n) is 4.71. The van der Waals surface area contributed by atoms with Crippen molar-refractivity contribution in [1.29, 1.82) is 0 Å². The van der Waals surface area contributed by atoms with Crippen molar-refractivity contribution >= 4 is 11.6 Å². The fraction of sp³-hybridized carbons (Fsp3) is 0.174. The van der Waals surface area contributed by atoms with E-state index in [0.29, 0.717) is 18.0 Å². The maximum Gasteiger partial charge on any atom is 0.228 e. The number of aryl methyl sites for hydroxylation is 1. The van der Waals surface area contributed by atoms with Gasteiger partial charge < -0.3 is 10.1 Å². The van der Waals surface area contributed by atoms with Gasteiger partial charge in [-0.2, -0.15) is 5.10 Å². The summed E-state index contributed by atoms with van der Waals surface area (Å²) in [5.74, 6) is 1.10. The molecule has 0 bridgehead atoms. The van der Waals surface area contributed by atoms with Gasteiger partial charge in [-0.15, -0.1) is 0 Å². The summed E-state index contributed by atoms with van der Waals surface area (Å²) in [4.78, 5) is 25.3. The largest absolute Gasteiger partial charge is 0.481 e. The normalized spacial score (nSPS) is 10.6. The van der Waals surface area contributed by atoms with Gasteiger partial charge in [0.15, 0.2) is 0 Å². The summed E-state index contributed by atoms with van der Waals surface area (Å²) in [6, 6.07) is 11.2. The molecule has 0 fully saturated rings. The predicted molar refractivity (Wildman–Crippen MR) is 117 cm³/mol. The van der Waals surface area contributed by atoms with Crippen LogP contribution in [0.2, 0.25) is 0 Å². The van der Waals surface area contributed by atoms with Gasteiger partial charge in [0.25, 0.3) is 0 Å². The number of ether oxygens (including phenoxy) is 1. The Morgan fingerprint density at radius 2 is 1.77 bits per heavy atom. The maximum absolute atomic E-state index is 12.3. The lowest BCUT2D eigenvalue weighted by Crippen LogP contribution is -2.14. The van der Waals surface area contributed by atoms with Gasteiger partial charge in [-0.25, -0.2) is 15.0 Å². The molecular formula is C23H22N6O2. The van der Waals surface area contributed by atoms with Crippen molar-refractivity contribution in [3.8, 4) is 17.0 Å². The Balaban J connectivity index is 1.36. The number of carbonyl (C=O) groups excluding carboxylic acids is 1. The highest BCUT2D eigenvalue weighted by molar-refractivity contribution is 5.92. The summed E-state index contributed by atoms with van der Waals surface area (Å²) in [6.07, 6.45) is 9.91. The Kier molecular flexibility index (Phi) is 5.98. The van der Waals surface area contributed by atoms with Gasteiger partial charge >= 0.3 is 0 Å². The first-order valence-electron chi connectivity index (χ1n) is 9.77. The lowest BCUT2D eigenvalue weighted by atomic mass is 10.0. The topological polar surface area (TPSA) is 94.8 Å². The number of pyridine rings is 1. The summed E-state index contributed by atoms with van der Waals surface area (Å²) in [7, 11) is 3.42. The molecule has 3 aromatic heterocycles. The first-order valence-corrected chi connectivity index (χ1v) is 9.77. The number of benzene rings is 1. The van der Waals surface area contributed by atoms with Crippen LogP contribution in [0, 0.1) is 0 Å². The van der Waals surface area contributed by atoms with E-state index in [4.69, 9.17) is 4.74 Å². The second-order valence-electron chi connectivity index (χ2n) is 7.10. The highest BCUT2D eigenvalue weighted by Crippen LogP contribution is 2.19. The van der Waals surface area contributed by atoms with Gasteiger partial charge in [0.2, 0.25) is 11.8 Å². The standard InChI is InChI=1S/C23H22N6O2/c1-29-15-17(12-27-29)9-21-25-13-19(14-26-21)18-5-3-16(4-6-18)10-22(30)28-20-7-8-24-23(11-20)31-2/h3-8,11-15H,9-10H2,1-2H3,(H,24,28,30). The molecule has 1 amide bonds. The quantitative estimate of drug-likeness (QED) is 0.499. The van der Waals surface area contributed by atoms with E-state index >= 15 is 0 Å². The molecule has 0 atom stereocenters. The minimum Gasteiger partial charge on any atom is -0.481 e. The van der Waals surface area contributed by atoms with Crippen molar-refractivity contribution < 1.29 is 9.53 Å². The number of nitrogens with one attached hydrogen (secondary N) is 1. The molecule has 0 unspecified atom stereocenters. The highest BCUT2D eigenvalue weighted by atomic mass is 16.5. The molecular weight excluding hydrogens is 392 g/mol. The SMILES string of the molecule is COc1cc(NC(=O)Cc2ccc(-c3cnc(Cc4cnn(C)c4)nc3)cc2)ccn1. The van der Waals surface area contributed by atoms with Crippen LogP contribution in [-0.4, -0.2) is 37.7 Å². The van der Waals surface area contributed by atoms with Crippen LogP contribution in [0.5, 0.6) is 5.88 Å². The number of amides is 1. The van der Waals surface area contributed by atoms with Crippen molar-refractivity contribution in [2.45, 2.75) is 12.8 Å². The summed E-state index contributed by atoms with van der Waals surface area (Å²) < 4.78 is 6.83. The van der Waals surface area contributed by atoms with Gasteiger partial charge in [0, 0.05) is 55.6 Å². The summed E-state index contributed by atoms with van der Waals surface area (Å²) >= 11 is 0. The second-order valence-corrected chi connectivity index (χ2v) is 7.10. The summed E-state index contributed by atoms with van der Waals surface area (Å²) in [6.45, 7) is 0. The average Bonchev–Trinajstić information content (AvgIpc) is 3.19. The number of rotatable bonds is 7. The zero-order valence-electron chi connectivity index (χ0n) is 17.3. The number of methoxy groups -OCH3 is 1. The van der Waals surface area contributed by atoms with Crippen molar-refractivity contribution in [3.63, 3.8) is 0 Å². The van der Waals surface area contributed by atoms with Crippen LogP contribution in [0.15, 0.2) is 67.4 Å². The molecule has 0 saturated heterocycles. The summed E-state index contributed by atoms with van der Waals surface area (Å²) in [5.41, 5.74) is 4.56. The molecule has 4 aromatic rings. The van der Waals surface area contributed by atoms with Crippen LogP contribution in [-0.2, 0) is 24.7 Å². The number of aromatic nitrogens is 5. The molecule has 0 aliphatic carbocycles. The third-order valence-corrected chi connectivity index (χ3v) is 4.71. The van der Waals surface area contributed by atoms with Gasteiger partial charge in [-0.3, -0.25) is 9.48 Å². The number of anilines is 1. The Labute approximate surface area is 180 Å². The van der Waals surface area contributed by atoms with Crippen LogP contribution in [0.3, 0.4) is 0 Å². The van der Waals surface area contributed by atoms with E-state index < -0.39 is 0 Å². The smallest absolute Gasteiger partial charge is 0.228 e. The second kappa shape index (κ2) is 9.17. The lowest BCUT2D eigenvalue weighted by molar-refractivity contribution is -0.115. The Hall–Kier alpha value is -4.07. The Morgan fingerprint density at radius 1 is 1.00 bits per heavy atom. The molecule has 31 heavy (non-hydrogen) atoms. The first kappa shape index (κ1) is 20.2. The van der Waals surface area contributed by atoms with E-state index in [1.165, 1.54) is 7.11 Å². The van der Waals surface area contributed by atoms with E-state index in [0.717, 1.165) is 28.1 Å². The zero-order chi connectivity index (χ0) is 21.6. The van der Waals surface area contributed by atoms with Crippen LogP contribution in [0.1, 0.15) is 17.0 Å². The molecule has 0 aliphatic rings. The molecule has 1 aromatic carbocycles. The van der Waals surface area contributed by atoms with E-state index in [1.54, 1.807) is 23.0 Å². The molecule has 3 heterocycles. The van der Waals surface area contributed by atoms with Crippen molar-refractivity contribution in [2.24, 2.45) is 7.05 Å². The van der Waals surface area contributed by atoms with E-state index in [9.17, 15) is 4.79 Å². The molecule has 8 heteroatoms. The monoisotopic (exact) mass is 414 g/mol. The Bertz CT molecular complexity index is 1170. The molecule has 0 saturated carbocycles. The lowest BCUT2D eigenvalue weighted by Gasteiger charge is -2.07. The van der Waals surface area contributed by atoms with E-state index in [-0.39, 0.29) is 12.3 Å². The van der Waals surface area contributed by atoms with Gasteiger partial charge in [-0.1, -0.05) is 24.3 Å². The van der Waals surface area contributed by atoms with Crippen LogP contribution >= 0.6 is 0 Å². The number of hydrogen-bond acceptors (Lipinski definition) is 6. The summed E-state index contributed by atoms with van der Waals surface area (Å²) in [5, 5.41) is 7.02. The molecule has 8 nitrogen and oxygen atoms in total. The van der Waals surface area contributed by atoms with Crippen LogP contribution < -0.4 is 10.1 Å². The zero-order valence-corrected chi connectivity index (χ0v) is 17.3. The first-order chi connectivity index (χ1) is 15.1. The minimum absolute atomic E-state index is 0.107. The van der Waals surface area contributed by atoms with Crippen molar-refractivity contribution in [1.82, 2.24) is 24.7 Å². The fourth-order valence-electron chi connectivity index (χ4n) is 3.15. The molecule has 0 spiro atoms. The number of carbonyl (C=O) groups is 1. The molecule has 0 radical (unpaired) electrons. The highest BCUT2D eigenvalue weighted by Gasteiger charge is 2.07. The molecule has 156 valence electrons. The van der Waals surface area contributed by atoms with E-state index in [1.807, 2.05) is 56.1 Å². The maximum atomic E-state index is 12.3. The molecule has 4 rings (SSSR count). The third kappa shape index (κ3) is 5.30. The van der Waals surface area contributed by atoms with Crippen molar-refractivity contribution in [2.75, 3.05) is 12.4 Å². The van der Waals surface area contributed by atoms with Crippen molar-refractivity contribution in [3.05, 3.63) is 84.3 Å². The Morgan fingerprint density at radius 3 is 2.45 bits per heavy atom. The van der Waals surface area contributed by atoms with Gasteiger partial charge in [-0.05, 0) is 22.8 Å². The minimum atomic E-state index is -0.107. The number of hydrogen-bond donors (Lipinski definition) is 1. The van der Waals surface area contributed by atoms with Gasteiger partial charge in [0.05, 0.1) is 19.7 Å². The van der Waals surface area contributed by atoms with E-state index in [2.05, 4.69) is 25.4 Å². The molecule has 1 N–H and O–H groups in total. The average molecular weight is 414 g/mol.